The van der Waals surface area contributed by atoms with E-state index in [1.807, 2.05) is 6.07 Å². The first-order chi connectivity index (χ1) is 11.3. The molecule has 1 spiro atoms. The van der Waals surface area contributed by atoms with E-state index in [2.05, 4.69) is 10.6 Å². The molecule has 0 radical (unpaired) electrons. The van der Waals surface area contributed by atoms with Gasteiger partial charge in [-0.1, -0.05) is 12.1 Å². The van der Waals surface area contributed by atoms with Crippen LogP contribution in [0.2, 0.25) is 0 Å². The molecule has 140 valence electrons. The van der Waals surface area contributed by atoms with Crippen molar-refractivity contribution in [3.05, 3.63) is 29.8 Å². The van der Waals surface area contributed by atoms with E-state index >= 15 is 0 Å². The van der Waals surface area contributed by atoms with Gasteiger partial charge < -0.3 is 10.6 Å². The van der Waals surface area contributed by atoms with Gasteiger partial charge in [-0.05, 0) is 69.3 Å². The number of halogens is 1. The van der Waals surface area contributed by atoms with E-state index < -0.39 is 15.1 Å². The van der Waals surface area contributed by atoms with Crippen LogP contribution in [0.3, 0.4) is 0 Å². The van der Waals surface area contributed by atoms with Crippen LogP contribution in [0, 0.1) is 11.3 Å². The molecule has 3 rings (SSSR count). The molecule has 1 aromatic carbocycles. The molecule has 2 fully saturated rings. The minimum atomic E-state index is -3.14. The van der Waals surface area contributed by atoms with Gasteiger partial charge in [0, 0.05) is 11.6 Å². The molecule has 0 aromatic heterocycles. The minimum Gasteiger partial charge on any atom is -0.326 e. The Morgan fingerprint density at radius 1 is 1.32 bits per heavy atom. The lowest BCUT2D eigenvalue weighted by atomic mass is 9.92. The highest BCUT2D eigenvalue weighted by Crippen LogP contribution is 2.58. The Morgan fingerprint density at radius 2 is 2.00 bits per heavy atom. The second-order valence-corrected chi connectivity index (χ2v) is 9.97. The molecule has 25 heavy (non-hydrogen) atoms. The topological polar surface area (TPSA) is 75.3 Å². The first-order valence-electron chi connectivity index (χ1n) is 8.64. The van der Waals surface area contributed by atoms with E-state index in [1.54, 1.807) is 32.0 Å². The van der Waals surface area contributed by atoms with Crippen molar-refractivity contribution < 1.29 is 13.2 Å². The molecular weight excluding hydrogens is 360 g/mol. The highest BCUT2D eigenvalue weighted by Gasteiger charge is 2.57. The van der Waals surface area contributed by atoms with Gasteiger partial charge in [0.2, 0.25) is 5.91 Å². The fourth-order valence-corrected chi connectivity index (χ4v) is 4.54. The molecule has 1 aromatic rings. The molecule has 1 saturated heterocycles. The summed E-state index contributed by atoms with van der Waals surface area (Å²) in [6, 6.07) is 7.19. The maximum Gasteiger partial charge on any atom is 0.228 e. The Morgan fingerprint density at radius 3 is 2.64 bits per heavy atom. The summed E-state index contributed by atoms with van der Waals surface area (Å²) in [7, 11) is -3.14. The molecule has 1 atom stereocenters. The normalized spacial score (nSPS) is 21.6. The average Bonchev–Trinajstić information content (AvgIpc) is 3.21. The minimum absolute atomic E-state index is 0. The number of nitrogens with one attached hydrogen (secondary N) is 2. The van der Waals surface area contributed by atoms with E-state index in [-0.39, 0.29) is 35.4 Å². The quantitative estimate of drug-likeness (QED) is 0.815. The standard InChI is InChI=1S/C18H26N2O3S.ClH/c1-13(2)24(22,23)12-14-4-3-5-15(10-14)20-17(21)16-11-18(16)6-8-19-9-7-18;/h3-5,10,13,16,19H,6-9,11-12H2,1-2H3,(H,20,21);1H. The lowest BCUT2D eigenvalue weighted by Crippen LogP contribution is -2.31. The van der Waals surface area contributed by atoms with E-state index in [0.717, 1.165) is 32.4 Å². The zero-order valence-corrected chi connectivity index (χ0v) is 16.4. The van der Waals surface area contributed by atoms with E-state index in [1.165, 1.54) is 0 Å². The predicted octanol–water partition coefficient (Wildman–Crippen LogP) is 2.76. The van der Waals surface area contributed by atoms with Gasteiger partial charge in [-0.25, -0.2) is 8.42 Å². The largest absolute Gasteiger partial charge is 0.326 e. The van der Waals surface area contributed by atoms with Crippen molar-refractivity contribution in [1.29, 1.82) is 0 Å². The van der Waals surface area contributed by atoms with Crippen LogP contribution in [0.1, 0.15) is 38.7 Å². The number of carbonyl (C=O) groups is 1. The van der Waals surface area contributed by atoms with Gasteiger partial charge in [0.15, 0.2) is 9.84 Å². The molecule has 1 heterocycles. The number of benzene rings is 1. The number of amides is 1. The Kier molecular flexibility index (Phi) is 6.17. The van der Waals surface area contributed by atoms with Crippen molar-refractivity contribution >= 4 is 33.8 Å². The summed E-state index contributed by atoms with van der Waals surface area (Å²) in [5.74, 6) is 0.177. The number of anilines is 1. The highest BCUT2D eigenvalue weighted by molar-refractivity contribution is 7.91. The van der Waals surface area contributed by atoms with Gasteiger partial charge in [-0.2, -0.15) is 0 Å². The van der Waals surface area contributed by atoms with E-state index in [4.69, 9.17) is 0 Å². The van der Waals surface area contributed by atoms with Crippen LogP contribution in [-0.4, -0.2) is 32.7 Å². The fraction of sp³-hybridized carbons (Fsp3) is 0.611. The molecule has 1 aliphatic carbocycles. The molecule has 0 bridgehead atoms. The summed E-state index contributed by atoms with van der Waals surface area (Å²) in [6.45, 7) is 5.36. The van der Waals surface area contributed by atoms with Crippen molar-refractivity contribution in [2.45, 2.75) is 44.1 Å². The summed E-state index contributed by atoms with van der Waals surface area (Å²) in [6.07, 6.45) is 3.11. The lowest BCUT2D eigenvalue weighted by Gasteiger charge is -2.23. The van der Waals surface area contributed by atoms with Gasteiger partial charge in [0.1, 0.15) is 0 Å². The average molecular weight is 387 g/mol. The van der Waals surface area contributed by atoms with Crippen LogP contribution in [0.25, 0.3) is 0 Å². The maximum atomic E-state index is 12.5. The fourth-order valence-electron chi connectivity index (χ4n) is 3.56. The lowest BCUT2D eigenvalue weighted by molar-refractivity contribution is -0.118. The molecule has 1 unspecified atom stereocenters. The van der Waals surface area contributed by atoms with Gasteiger partial charge in [-0.3, -0.25) is 4.79 Å². The van der Waals surface area contributed by atoms with Crippen LogP contribution < -0.4 is 10.6 Å². The number of carbonyl (C=O) groups excluding carboxylic acids is 1. The smallest absolute Gasteiger partial charge is 0.228 e. The molecule has 1 aliphatic heterocycles. The van der Waals surface area contributed by atoms with Gasteiger partial charge >= 0.3 is 0 Å². The maximum absolute atomic E-state index is 12.5. The zero-order chi connectivity index (χ0) is 17.4. The Hall–Kier alpha value is -1.11. The second kappa shape index (κ2) is 7.64. The van der Waals surface area contributed by atoms with Gasteiger partial charge in [0.25, 0.3) is 0 Å². The first kappa shape index (κ1) is 20.2. The van der Waals surface area contributed by atoms with Gasteiger partial charge in [-0.15, -0.1) is 12.4 Å². The SMILES string of the molecule is CC(C)S(=O)(=O)Cc1cccc(NC(=O)C2CC23CCNCC3)c1.Cl. The first-order valence-corrected chi connectivity index (χ1v) is 10.4. The molecule has 2 aliphatic rings. The third-order valence-corrected chi connectivity index (χ3v) is 7.56. The number of sulfone groups is 1. The number of piperidine rings is 1. The number of rotatable bonds is 5. The van der Waals surface area contributed by atoms with E-state index in [0.29, 0.717) is 11.3 Å². The summed E-state index contributed by atoms with van der Waals surface area (Å²) >= 11 is 0. The predicted molar refractivity (Wildman–Crippen MR) is 103 cm³/mol. The van der Waals surface area contributed by atoms with Crippen molar-refractivity contribution in [3.63, 3.8) is 0 Å². The molecule has 2 N–H and O–H groups in total. The monoisotopic (exact) mass is 386 g/mol. The summed E-state index contributed by atoms with van der Waals surface area (Å²) < 4.78 is 24.1. The third-order valence-electron chi connectivity index (χ3n) is 5.39. The van der Waals surface area contributed by atoms with Crippen molar-refractivity contribution in [2.24, 2.45) is 11.3 Å². The summed E-state index contributed by atoms with van der Waals surface area (Å²) in [5, 5.41) is 5.91. The van der Waals surface area contributed by atoms with Crippen LogP contribution in [-0.2, 0) is 20.4 Å². The van der Waals surface area contributed by atoms with Crippen LogP contribution in [0.5, 0.6) is 0 Å². The molecular formula is C18H27ClN2O3S. The van der Waals surface area contributed by atoms with Crippen molar-refractivity contribution in [2.75, 3.05) is 18.4 Å². The number of hydrogen-bond acceptors (Lipinski definition) is 4. The Bertz CT molecular complexity index is 728. The second-order valence-electron chi connectivity index (χ2n) is 7.41. The van der Waals surface area contributed by atoms with Crippen molar-refractivity contribution in [1.82, 2.24) is 5.32 Å². The molecule has 1 saturated carbocycles. The zero-order valence-electron chi connectivity index (χ0n) is 14.7. The molecule has 7 heteroatoms. The highest BCUT2D eigenvalue weighted by atomic mass is 35.5. The van der Waals surface area contributed by atoms with Crippen LogP contribution in [0.15, 0.2) is 24.3 Å². The molecule has 5 nitrogen and oxygen atoms in total. The van der Waals surface area contributed by atoms with Gasteiger partial charge in [0.05, 0.1) is 11.0 Å². The summed E-state index contributed by atoms with van der Waals surface area (Å²) in [5.41, 5.74) is 1.61. The van der Waals surface area contributed by atoms with E-state index in [9.17, 15) is 13.2 Å². The number of hydrogen-bond donors (Lipinski definition) is 2. The molecule has 1 amide bonds. The Labute approximate surface area is 156 Å². The summed E-state index contributed by atoms with van der Waals surface area (Å²) in [4.78, 5) is 12.5. The van der Waals surface area contributed by atoms with Crippen LogP contribution >= 0.6 is 12.4 Å². The third kappa shape index (κ3) is 4.54. The van der Waals surface area contributed by atoms with Crippen molar-refractivity contribution in [3.8, 4) is 0 Å². The Balaban J connectivity index is 0.00000225. The van der Waals surface area contributed by atoms with Crippen LogP contribution in [0.4, 0.5) is 5.69 Å².